The second kappa shape index (κ2) is 14.1. The first-order valence-electron chi connectivity index (χ1n) is 21.1. The van der Waals surface area contributed by atoms with Crippen LogP contribution in [0.2, 0.25) is 0 Å². The number of β-amino-alcohol motifs (C(OH)–C–C–N with tert-alkyl or cyclic N) is 1. The largest absolute Gasteiger partial charge is 0.481 e. The molecule has 7 rings (SSSR count). The number of carbonyl (C=O) groups excluding carboxylic acids is 1. The summed E-state index contributed by atoms with van der Waals surface area (Å²) in [5, 5.41) is 34.4. The van der Waals surface area contributed by atoms with Crippen molar-refractivity contribution in [3.05, 3.63) is 59.3 Å². The molecule has 4 saturated carbocycles. The van der Waals surface area contributed by atoms with Gasteiger partial charge in [-0.1, -0.05) is 58.9 Å². The van der Waals surface area contributed by atoms with Crippen molar-refractivity contribution in [1.82, 2.24) is 10.3 Å². The predicted molar refractivity (Wildman–Crippen MR) is 214 cm³/mol. The van der Waals surface area contributed by atoms with Crippen molar-refractivity contribution in [3.8, 4) is 5.88 Å². The third-order valence-electron chi connectivity index (χ3n) is 17.5. The Morgan fingerprint density at radius 1 is 1.00 bits per heavy atom. The summed E-state index contributed by atoms with van der Waals surface area (Å²) in [5.41, 5.74) is 9.02. The summed E-state index contributed by atoms with van der Waals surface area (Å²) in [7, 11) is 0. The number of carboxylic acids is 1. The lowest BCUT2D eigenvalue weighted by Gasteiger charge is -2.72. The van der Waals surface area contributed by atoms with Crippen molar-refractivity contribution in [2.24, 2.45) is 62.4 Å². The van der Waals surface area contributed by atoms with E-state index < -0.39 is 23.4 Å². The van der Waals surface area contributed by atoms with Gasteiger partial charge in [-0.05, 0) is 159 Å². The number of primary amides is 1. The summed E-state index contributed by atoms with van der Waals surface area (Å²) >= 11 is 0. The Labute approximate surface area is 328 Å². The van der Waals surface area contributed by atoms with E-state index in [4.69, 9.17) is 10.5 Å². The van der Waals surface area contributed by atoms with E-state index in [0.717, 1.165) is 25.7 Å². The van der Waals surface area contributed by atoms with Gasteiger partial charge >= 0.3 is 5.97 Å². The Balaban J connectivity index is 1.13. The molecule has 1 aromatic rings. The first-order valence-corrected chi connectivity index (χ1v) is 21.1. The minimum atomic E-state index is -1.11. The minimum absolute atomic E-state index is 0.0122. The van der Waals surface area contributed by atoms with Gasteiger partial charge < -0.3 is 31.1 Å². The van der Waals surface area contributed by atoms with Gasteiger partial charge in [0.1, 0.15) is 17.6 Å². The molecule has 6 aliphatic rings. The first kappa shape index (κ1) is 40.2. The molecule has 0 saturated heterocycles. The summed E-state index contributed by atoms with van der Waals surface area (Å²) < 4.78 is 5.92. The zero-order valence-corrected chi connectivity index (χ0v) is 34.3. The smallest absolute Gasteiger partial charge is 0.313 e. The highest BCUT2D eigenvalue weighted by molar-refractivity contribution is 5.95. The molecule has 9 nitrogen and oxygen atoms in total. The lowest BCUT2D eigenvalue weighted by Crippen LogP contribution is -2.68. The van der Waals surface area contributed by atoms with Crippen LogP contribution in [0, 0.1) is 56.7 Å². The minimum Gasteiger partial charge on any atom is -0.481 e. The highest BCUT2D eigenvalue weighted by Gasteiger charge is 2.70. The lowest BCUT2D eigenvalue weighted by molar-refractivity contribution is -0.221. The molecule has 0 aliphatic heterocycles. The highest BCUT2D eigenvalue weighted by Crippen LogP contribution is 2.76. The van der Waals surface area contributed by atoms with E-state index in [9.17, 15) is 24.9 Å². The molecule has 1 aromatic heterocycles. The van der Waals surface area contributed by atoms with E-state index in [0.29, 0.717) is 55.4 Å². The van der Waals surface area contributed by atoms with Crippen LogP contribution in [-0.2, 0) is 4.79 Å². The van der Waals surface area contributed by atoms with Crippen molar-refractivity contribution >= 4 is 11.9 Å². The highest BCUT2D eigenvalue weighted by atomic mass is 16.5. The fraction of sp³-hybridized carbons (Fsp3) is 0.717. The standard InChI is InChI=1S/C46H67N3O6/c1-28(2)31-14-21-46(49-25-30(51)26-50)23-22-43(6)34(37(31)46)10-11-36-42(5)17-15-33(41(3,4)35(42)16-18-44(36,43)7)29-12-19-45(20-13-29,40(53)54)27-55-39-32(38(47)52)9-8-24-48-39/h8-9,12,15,24,30-31,34-37,49-51H,1,10-11,13-14,16-23,25-27H2,2-7H3,(H2,47,52)(H,53,54)/t30?,31-,34+,35-,36+,37+,42-,43+,44+,45-,46-/m0/s1. The van der Waals surface area contributed by atoms with Gasteiger partial charge in [-0.25, -0.2) is 4.98 Å². The van der Waals surface area contributed by atoms with E-state index in [1.54, 1.807) is 12.1 Å². The summed E-state index contributed by atoms with van der Waals surface area (Å²) in [6.45, 7) is 19.7. The number of nitrogens with two attached hydrogens (primary N) is 1. The number of amides is 1. The molecule has 11 atom stereocenters. The average Bonchev–Trinajstić information content (AvgIpc) is 3.54. The first-order chi connectivity index (χ1) is 25.9. The SMILES string of the molecule is C=C(C)[C@@H]1CC[C@]2(NCC(O)CO)CC[C@]3(C)[C@H](CC[C@@H]4[C@@]5(C)CC=C(C6=CC[C@](COc7ncccc7C(N)=O)(C(=O)O)CC6)C(C)(C)[C@@H]5CC[C@]43C)[C@@H]12. The molecule has 302 valence electrons. The second-order valence-electron chi connectivity index (χ2n) is 20.1. The number of hydrogen-bond acceptors (Lipinski definition) is 7. The zero-order valence-electron chi connectivity index (χ0n) is 34.3. The van der Waals surface area contributed by atoms with Crippen molar-refractivity contribution in [2.75, 3.05) is 19.8 Å². The van der Waals surface area contributed by atoms with Crippen LogP contribution in [0.25, 0.3) is 0 Å². The van der Waals surface area contributed by atoms with Gasteiger partial charge in [-0.2, -0.15) is 0 Å². The Bertz CT molecular complexity index is 1770. The fourth-order valence-electron chi connectivity index (χ4n) is 14.4. The molecule has 0 radical (unpaired) electrons. The molecular weight excluding hydrogens is 691 g/mol. The number of allylic oxidation sites excluding steroid dienone is 5. The number of aliphatic carboxylic acids is 1. The number of nitrogens with zero attached hydrogens (tertiary/aromatic N) is 1. The van der Waals surface area contributed by atoms with Crippen molar-refractivity contribution in [2.45, 2.75) is 130 Å². The molecule has 1 unspecified atom stereocenters. The molecule has 0 aromatic carbocycles. The van der Waals surface area contributed by atoms with E-state index in [1.165, 1.54) is 55.0 Å². The number of nitrogens with one attached hydrogen (secondary N) is 1. The number of carbonyl (C=O) groups is 2. The predicted octanol–water partition coefficient (Wildman–Crippen LogP) is 7.63. The van der Waals surface area contributed by atoms with Gasteiger partial charge in [-0.3, -0.25) is 9.59 Å². The number of aliphatic hydroxyl groups is 2. The Morgan fingerprint density at radius 3 is 2.42 bits per heavy atom. The quantitative estimate of drug-likeness (QED) is 0.144. The van der Waals surface area contributed by atoms with E-state index in [1.807, 2.05) is 0 Å². The van der Waals surface area contributed by atoms with E-state index in [2.05, 4.69) is 70.6 Å². The van der Waals surface area contributed by atoms with Gasteiger partial charge in [0, 0.05) is 18.3 Å². The monoisotopic (exact) mass is 758 g/mol. The molecule has 9 heteroatoms. The molecule has 1 amide bonds. The maximum atomic E-state index is 12.8. The van der Waals surface area contributed by atoms with Crippen LogP contribution < -0.4 is 15.8 Å². The summed E-state index contributed by atoms with van der Waals surface area (Å²) in [5.74, 6) is 1.20. The third-order valence-corrected chi connectivity index (χ3v) is 17.5. The summed E-state index contributed by atoms with van der Waals surface area (Å²) in [6.07, 6.45) is 17.4. The van der Waals surface area contributed by atoms with Crippen LogP contribution in [-0.4, -0.2) is 63.6 Å². The van der Waals surface area contributed by atoms with E-state index >= 15 is 0 Å². The number of fused-ring (bicyclic) bond motifs is 7. The molecule has 6 N–H and O–H groups in total. The van der Waals surface area contributed by atoms with Crippen LogP contribution >= 0.6 is 0 Å². The molecular formula is C46H67N3O6. The Morgan fingerprint density at radius 2 is 1.76 bits per heavy atom. The lowest BCUT2D eigenvalue weighted by atomic mass is 9.33. The number of carboxylic acid groups (broad SMARTS) is 1. The van der Waals surface area contributed by atoms with Gasteiger partial charge in [0.05, 0.1) is 12.7 Å². The van der Waals surface area contributed by atoms with Gasteiger partial charge in [0.15, 0.2) is 0 Å². The number of pyridine rings is 1. The number of ether oxygens (including phenoxy) is 1. The molecule has 55 heavy (non-hydrogen) atoms. The Kier molecular flexibility index (Phi) is 10.3. The molecule has 0 spiro atoms. The van der Waals surface area contributed by atoms with Gasteiger partial charge in [-0.15, -0.1) is 0 Å². The number of aromatic nitrogens is 1. The number of aliphatic hydroxyl groups excluding tert-OH is 2. The summed E-state index contributed by atoms with van der Waals surface area (Å²) in [4.78, 5) is 28.9. The van der Waals surface area contributed by atoms with Crippen molar-refractivity contribution in [3.63, 3.8) is 0 Å². The van der Waals surface area contributed by atoms with E-state index in [-0.39, 0.29) is 51.9 Å². The van der Waals surface area contributed by atoms with Crippen molar-refractivity contribution < 1.29 is 29.6 Å². The van der Waals surface area contributed by atoms with Crippen LogP contribution in [0.4, 0.5) is 0 Å². The van der Waals surface area contributed by atoms with Crippen LogP contribution in [0.15, 0.2) is 53.8 Å². The van der Waals surface area contributed by atoms with Crippen LogP contribution in [0.3, 0.4) is 0 Å². The fourth-order valence-corrected chi connectivity index (χ4v) is 14.4. The van der Waals surface area contributed by atoms with Crippen molar-refractivity contribution in [1.29, 1.82) is 0 Å². The molecule has 0 bridgehead atoms. The maximum Gasteiger partial charge on any atom is 0.313 e. The average molecular weight is 758 g/mol. The molecule has 1 heterocycles. The maximum absolute atomic E-state index is 12.8. The van der Waals surface area contributed by atoms with Gasteiger partial charge in [0.2, 0.25) is 5.88 Å². The summed E-state index contributed by atoms with van der Waals surface area (Å²) in [6, 6.07) is 3.16. The number of rotatable bonds is 11. The van der Waals surface area contributed by atoms with Crippen LogP contribution in [0.5, 0.6) is 5.88 Å². The number of hydrogen-bond donors (Lipinski definition) is 5. The second-order valence-corrected chi connectivity index (χ2v) is 20.1. The molecule has 4 fully saturated rings. The third kappa shape index (κ3) is 6.16. The Hall–Kier alpha value is -3.01. The van der Waals surface area contributed by atoms with Gasteiger partial charge in [0.25, 0.3) is 5.91 Å². The molecule has 6 aliphatic carbocycles. The van der Waals surface area contributed by atoms with Crippen LogP contribution in [0.1, 0.15) is 129 Å². The zero-order chi connectivity index (χ0) is 39.8. The topological polar surface area (TPSA) is 155 Å². The normalized spacial score (nSPS) is 41.0.